The Morgan fingerprint density at radius 3 is 2.27 bits per heavy atom. The Bertz CT molecular complexity index is 137. The molecule has 0 heterocycles. The SMILES string of the molecule is CC(O)C(=O)ONC(C)(C)C. The first-order chi connectivity index (χ1) is 4.83. The van der Waals surface area contributed by atoms with E-state index >= 15 is 0 Å². The minimum absolute atomic E-state index is 0.287. The fourth-order valence-electron chi connectivity index (χ4n) is 0.289. The topological polar surface area (TPSA) is 58.6 Å². The van der Waals surface area contributed by atoms with Crippen LogP contribution in [-0.4, -0.2) is 22.7 Å². The van der Waals surface area contributed by atoms with Gasteiger partial charge >= 0.3 is 5.97 Å². The Balaban J connectivity index is 3.64. The maximum Gasteiger partial charge on any atom is 0.353 e. The van der Waals surface area contributed by atoms with Crippen molar-refractivity contribution in [1.29, 1.82) is 0 Å². The van der Waals surface area contributed by atoms with Crippen LogP contribution >= 0.6 is 0 Å². The summed E-state index contributed by atoms with van der Waals surface area (Å²) in [4.78, 5) is 15.2. The Morgan fingerprint density at radius 2 is 2.00 bits per heavy atom. The van der Waals surface area contributed by atoms with E-state index in [0.717, 1.165) is 0 Å². The number of carbonyl (C=O) groups is 1. The third-order valence-electron chi connectivity index (χ3n) is 0.799. The first kappa shape index (κ1) is 10.4. The smallest absolute Gasteiger partial charge is 0.353 e. The van der Waals surface area contributed by atoms with E-state index in [1.807, 2.05) is 20.8 Å². The average Bonchev–Trinajstić information content (AvgIpc) is 1.80. The molecule has 0 spiro atoms. The monoisotopic (exact) mass is 161 g/mol. The second-order valence-electron chi connectivity index (χ2n) is 3.45. The van der Waals surface area contributed by atoms with Gasteiger partial charge < -0.3 is 9.94 Å². The summed E-state index contributed by atoms with van der Waals surface area (Å²) < 4.78 is 0. The van der Waals surface area contributed by atoms with Gasteiger partial charge in [-0.05, 0) is 27.7 Å². The number of carbonyl (C=O) groups excluding carboxylic acids is 1. The summed E-state index contributed by atoms with van der Waals surface area (Å²) in [5.41, 5.74) is 2.21. The molecule has 0 aromatic carbocycles. The predicted molar refractivity (Wildman–Crippen MR) is 40.7 cm³/mol. The van der Waals surface area contributed by atoms with E-state index in [-0.39, 0.29) is 5.54 Å². The lowest BCUT2D eigenvalue weighted by atomic mass is 10.1. The van der Waals surface area contributed by atoms with Crippen LogP contribution in [0.25, 0.3) is 0 Å². The van der Waals surface area contributed by atoms with Gasteiger partial charge in [-0.3, -0.25) is 0 Å². The first-order valence-electron chi connectivity index (χ1n) is 3.49. The molecule has 0 aliphatic heterocycles. The Morgan fingerprint density at radius 1 is 1.55 bits per heavy atom. The van der Waals surface area contributed by atoms with E-state index < -0.39 is 12.1 Å². The van der Waals surface area contributed by atoms with Crippen molar-refractivity contribution in [2.75, 3.05) is 0 Å². The highest BCUT2D eigenvalue weighted by molar-refractivity contribution is 5.73. The minimum Gasteiger partial charge on any atom is -0.382 e. The molecular formula is C7H15NO3. The summed E-state index contributed by atoms with van der Waals surface area (Å²) in [6.45, 7) is 6.90. The molecule has 0 saturated heterocycles. The summed E-state index contributed by atoms with van der Waals surface area (Å²) in [6.07, 6.45) is -1.08. The number of nitrogens with one attached hydrogen (secondary N) is 1. The fraction of sp³-hybridized carbons (Fsp3) is 0.857. The summed E-state index contributed by atoms with van der Waals surface area (Å²) >= 11 is 0. The van der Waals surface area contributed by atoms with Crippen LogP contribution in [0.3, 0.4) is 0 Å². The zero-order chi connectivity index (χ0) is 9.07. The standard InChI is InChI=1S/C7H15NO3/c1-5(9)6(10)11-8-7(2,3)4/h5,8-9H,1-4H3. The molecule has 0 radical (unpaired) electrons. The number of aliphatic hydroxyl groups excluding tert-OH is 1. The van der Waals surface area contributed by atoms with Crippen molar-refractivity contribution in [3.8, 4) is 0 Å². The minimum atomic E-state index is -1.08. The molecule has 0 aromatic heterocycles. The molecule has 0 bridgehead atoms. The predicted octanol–water partition coefficient (Wildman–Crippen LogP) is 0.213. The number of hydrogen-bond donors (Lipinski definition) is 2. The van der Waals surface area contributed by atoms with Gasteiger partial charge in [0.05, 0.1) is 0 Å². The lowest BCUT2D eigenvalue weighted by Crippen LogP contribution is -2.39. The van der Waals surface area contributed by atoms with Crippen molar-refractivity contribution >= 4 is 5.97 Å². The third kappa shape index (κ3) is 5.82. The lowest BCUT2D eigenvalue weighted by Gasteiger charge is -2.19. The molecule has 0 aliphatic carbocycles. The van der Waals surface area contributed by atoms with Gasteiger partial charge in [0.15, 0.2) is 6.10 Å². The maximum atomic E-state index is 10.7. The van der Waals surface area contributed by atoms with E-state index in [0.29, 0.717) is 0 Å². The van der Waals surface area contributed by atoms with Crippen molar-refractivity contribution in [3.05, 3.63) is 0 Å². The highest BCUT2D eigenvalue weighted by Crippen LogP contribution is 1.98. The fourth-order valence-corrected chi connectivity index (χ4v) is 0.289. The number of rotatable bonds is 2. The summed E-state index contributed by atoms with van der Waals surface area (Å²) in [6, 6.07) is 0. The van der Waals surface area contributed by atoms with Gasteiger partial charge in [0.25, 0.3) is 0 Å². The van der Waals surface area contributed by atoms with Crippen LogP contribution in [0.1, 0.15) is 27.7 Å². The summed E-state index contributed by atoms with van der Waals surface area (Å²) in [5, 5.41) is 8.70. The van der Waals surface area contributed by atoms with Gasteiger partial charge in [-0.25, -0.2) is 4.79 Å². The van der Waals surface area contributed by atoms with Gasteiger partial charge in [0, 0.05) is 5.54 Å². The van der Waals surface area contributed by atoms with Crippen LogP contribution in [0, 0.1) is 0 Å². The Labute approximate surface area is 66.5 Å². The molecule has 4 heteroatoms. The van der Waals surface area contributed by atoms with Crippen LogP contribution < -0.4 is 5.48 Å². The van der Waals surface area contributed by atoms with Crippen molar-refractivity contribution in [2.24, 2.45) is 0 Å². The zero-order valence-electron chi connectivity index (χ0n) is 7.34. The number of hydrogen-bond acceptors (Lipinski definition) is 4. The average molecular weight is 161 g/mol. The van der Waals surface area contributed by atoms with Crippen LogP contribution in [-0.2, 0) is 9.63 Å². The first-order valence-corrected chi connectivity index (χ1v) is 3.49. The van der Waals surface area contributed by atoms with Gasteiger partial charge in [0.1, 0.15) is 0 Å². The van der Waals surface area contributed by atoms with Crippen molar-refractivity contribution in [2.45, 2.75) is 39.3 Å². The quantitative estimate of drug-likeness (QED) is 0.568. The molecule has 2 N–H and O–H groups in total. The van der Waals surface area contributed by atoms with Gasteiger partial charge in [0.2, 0.25) is 0 Å². The van der Waals surface area contributed by atoms with E-state index in [1.54, 1.807) is 0 Å². The van der Waals surface area contributed by atoms with Crippen molar-refractivity contribution < 1.29 is 14.7 Å². The normalized spacial score (nSPS) is 14.3. The molecule has 0 aromatic rings. The number of hydroxylamine groups is 1. The lowest BCUT2D eigenvalue weighted by molar-refractivity contribution is -0.164. The molecule has 4 nitrogen and oxygen atoms in total. The summed E-state index contributed by atoms with van der Waals surface area (Å²) in [5.74, 6) is -0.667. The van der Waals surface area contributed by atoms with Gasteiger partial charge in [-0.15, -0.1) is 5.48 Å². The molecule has 0 aliphatic rings. The second kappa shape index (κ2) is 3.69. The van der Waals surface area contributed by atoms with Crippen LogP contribution in [0.4, 0.5) is 0 Å². The molecule has 0 fully saturated rings. The van der Waals surface area contributed by atoms with E-state index in [9.17, 15) is 4.79 Å². The zero-order valence-corrected chi connectivity index (χ0v) is 7.34. The van der Waals surface area contributed by atoms with Crippen LogP contribution in [0.2, 0.25) is 0 Å². The van der Waals surface area contributed by atoms with E-state index in [1.165, 1.54) is 6.92 Å². The van der Waals surface area contributed by atoms with Crippen molar-refractivity contribution in [1.82, 2.24) is 5.48 Å². The van der Waals surface area contributed by atoms with Crippen LogP contribution in [0.5, 0.6) is 0 Å². The second-order valence-corrected chi connectivity index (χ2v) is 3.45. The molecule has 1 unspecified atom stereocenters. The summed E-state index contributed by atoms with van der Waals surface area (Å²) in [7, 11) is 0. The van der Waals surface area contributed by atoms with E-state index in [2.05, 4.69) is 10.3 Å². The molecular weight excluding hydrogens is 146 g/mol. The highest BCUT2D eigenvalue weighted by atomic mass is 16.7. The Hall–Kier alpha value is -0.610. The molecule has 0 saturated carbocycles. The molecule has 1 atom stereocenters. The van der Waals surface area contributed by atoms with Gasteiger partial charge in [-0.2, -0.15) is 0 Å². The van der Waals surface area contributed by atoms with Crippen LogP contribution in [0.15, 0.2) is 0 Å². The molecule has 0 rings (SSSR count). The Kier molecular flexibility index (Phi) is 3.48. The molecule has 11 heavy (non-hydrogen) atoms. The number of aliphatic hydroxyl groups is 1. The third-order valence-corrected chi connectivity index (χ3v) is 0.799. The molecule has 0 amide bonds. The van der Waals surface area contributed by atoms with Gasteiger partial charge in [-0.1, -0.05) is 0 Å². The van der Waals surface area contributed by atoms with Crippen molar-refractivity contribution in [3.63, 3.8) is 0 Å². The largest absolute Gasteiger partial charge is 0.382 e. The maximum absolute atomic E-state index is 10.7. The highest BCUT2D eigenvalue weighted by Gasteiger charge is 2.15. The molecule has 66 valence electrons. The van der Waals surface area contributed by atoms with E-state index in [4.69, 9.17) is 5.11 Å².